The number of pyridine rings is 1. The molecule has 1 aliphatic heterocycles. The largest absolute Gasteiger partial charge is 0.495 e. The zero-order valence-electron chi connectivity index (χ0n) is 8.49. The van der Waals surface area contributed by atoms with Gasteiger partial charge in [0, 0.05) is 6.04 Å². The van der Waals surface area contributed by atoms with Crippen molar-refractivity contribution in [2.75, 3.05) is 13.7 Å². The van der Waals surface area contributed by atoms with Crippen molar-refractivity contribution in [1.82, 2.24) is 10.3 Å². The molecule has 14 heavy (non-hydrogen) atoms. The fourth-order valence-corrected chi connectivity index (χ4v) is 1.82. The Morgan fingerprint density at radius 1 is 1.43 bits per heavy atom. The van der Waals surface area contributed by atoms with Crippen molar-refractivity contribution in [3.05, 3.63) is 24.0 Å². The van der Waals surface area contributed by atoms with Gasteiger partial charge in [0.25, 0.3) is 0 Å². The highest BCUT2D eigenvalue weighted by Gasteiger charge is 2.15. The van der Waals surface area contributed by atoms with E-state index in [-0.39, 0.29) is 0 Å². The molecule has 1 atom stereocenters. The van der Waals surface area contributed by atoms with E-state index in [2.05, 4.69) is 10.3 Å². The Kier molecular flexibility index (Phi) is 2.99. The van der Waals surface area contributed by atoms with Crippen LogP contribution in [0.5, 0.6) is 5.75 Å². The Morgan fingerprint density at radius 3 is 2.93 bits per heavy atom. The molecule has 1 N–H and O–H groups in total. The van der Waals surface area contributed by atoms with Gasteiger partial charge in [-0.25, -0.2) is 0 Å². The predicted molar refractivity (Wildman–Crippen MR) is 55.4 cm³/mol. The maximum atomic E-state index is 5.07. The number of hydrogen-bond donors (Lipinski definition) is 1. The average Bonchev–Trinajstić information content (AvgIpc) is 2.30. The lowest BCUT2D eigenvalue weighted by molar-refractivity contribution is 0.398. The second-order valence-electron chi connectivity index (χ2n) is 3.63. The molecule has 2 heterocycles. The van der Waals surface area contributed by atoms with Gasteiger partial charge in [0.2, 0.25) is 0 Å². The second-order valence-corrected chi connectivity index (χ2v) is 3.63. The van der Waals surface area contributed by atoms with Crippen molar-refractivity contribution in [2.24, 2.45) is 0 Å². The maximum absolute atomic E-state index is 5.07. The molecule has 1 fully saturated rings. The minimum absolute atomic E-state index is 0.439. The lowest BCUT2D eigenvalue weighted by Gasteiger charge is -2.22. The van der Waals surface area contributed by atoms with E-state index in [1.807, 2.05) is 12.1 Å². The van der Waals surface area contributed by atoms with Crippen LogP contribution in [0.25, 0.3) is 0 Å². The third kappa shape index (κ3) is 2.04. The molecule has 2 rings (SSSR count). The first-order valence-electron chi connectivity index (χ1n) is 5.13. The minimum atomic E-state index is 0.439. The summed E-state index contributed by atoms with van der Waals surface area (Å²) in [5.41, 5.74) is 1.13. The topological polar surface area (TPSA) is 34.1 Å². The van der Waals surface area contributed by atoms with Crippen LogP contribution in [0.4, 0.5) is 0 Å². The molecule has 0 aliphatic carbocycles. The molecule has 1 aromatic heterocycles. The van der Waals surface area contributed by atoms with Gasteiger partial charge in [-0.3, -0.25) is 4.98 Å². The fourth-order valence-electron chi connectivity index (χ4n) is 1.82. The van der Waals surface area contributed by atoms with Crippen molar-refractivity contribution < 1.29 is 4.74 Å². The lowest BCUT2D eigenvalue weighted by atomic mass is 10.0. The lowest BCUT2D eigenvalue weighted by Crippen LogP contribution is -2.27. The molecule has 1 saturated heterocycles. The number of nitrogens with zero attached hydrogens (tertiary/aromatic N) is 1. The van der Waals surface area contributed by atoms with Crippen molar-refractivity contribution >= 4 is 0 Å². The van der Waals surface area contributed by atoms with E-state index >= 15 is 0 Å². The molecule has 0 amide bonds. The van der Waals surface area contributed by atoms with E-state index in [1.165, 1.54) is 19.3 Å². The molecule has 3 nitrogen and oxygen atoms in total. The molecule has 1 aromatic rings. The van der Waals surface area contributed by atoms with Crippen LogP contribution >= 0.6 is 0 Å². The van der Waals surface area contributed by atoms with Gasteiger partial charge in [-0.05, 0) is 31.5 Å². The highest BCUT2D eigenvalue weighted by atomic mass is 16.5. The van der Waals surface area contributed by atoms with Crippen molar-refractivity contribution in [2.45, 2.75) is 25.3 Å². The van der Waals surface area contributed by atoms with Crippen molar-refractivity contribution in [1.29, 1.82) is 0 Å². The quantitative estimate of drug-likeness (QED) is 0.777. The SMILES string of the molecule is COc1ccc([C@H]2CCCCN2)nc1. The van der Waals surface area contributed by atoms with Crippen LogP contribution in [0.3, 0.4) is 0 Å². The van der Waals surface area contributed by atoms with E-state index < -0.39 is 0 Å². The highest BCUT2D eigenvalue weighted by Crippen LogP contribution is 2.22. The molecule has 1 aliphatic rings. The summed E-state index contributed by atoms with van der Waals surface area (Å²) < 4.78 is 5.07. The summed E-state index contributed by atoms with van der Waals surface area (Å²) in [4.78, 5) is 4.39. The summed E-state index contributed by atoms with van der Waals surface area (Å²) in [7, 11) is 1.66. The summed E-state index contributed by atoms with van der Waals surface area (Å²) in [5.74, 6) is 0.824. The van der Waals surface area contributed by atoms with Gasteiger partial charge in [-0.1, -0.05) is 6.42 Å². The number of hydrogen-bond acceptors (Lipinski definition) is 3. The first-order valence-corrected chi connectivity index (χ1v) is 5.13. The third-order valence-electron chi connectivity index (χ3n) is 2.66. The summed E-state index contributed by atoms with van der Waals surface area (Å²) >= 11 is 0. The van der Waals surface area contributed by atoms with Crippen LogP contribution in [0, 0.1) is 0 Å². The molecule has 0 unspecified atom stereocenters. The van der Waals surface area contributed by atoms with Crippen molar-refractivity contribution in [3.63, 3.8) is 0 Å². The second kappa shape index (κ2) is 4.42. The van der Waals surface area contributed by atoms with Crippen LogP contribution in [0.15, 0.2) is 18.3 Å². The first kappa shape index (κ1) is 9.46. The summed E-state index contributed by atoms with van der Waals surface area (Å²) in [6, 6.07) is 4.45. The minimum Gasteiger partial charge on any atom is -0.495 e. The van der Waals surface area contributed by atoms with Crippen LogP contribution < -0.4 is 10.1 Å². The Bertz CT molecular complexity index is 278. The van der Waals surface area contributed by atoms with Crippen molar-refractivity contribution in [3.8, 4) is 5.75 Å². The Balaban J connectivity index is 2.07. The number of aromatic nitrogens is 1. The molecular weight excluding hydrogens is 176 g/mol. The summed E-state index contributed by atoms with van der Waals surface area (Å²) in [6.45, 7) is 1.11. The van der Waals surface area contributed by atoms with Gasteiger partial charge in [0.05, 0.1) is 19.0 Å². The Morgan fingerprint density at radius 2 is 2.36 bits per heavy atom. The van der Waals surface area contributed by atoms with E-state index in [9.17, 15) is 0 Å². The number of ether oxygens (including phenoxy) is 1. The number of nitrogens with one attached hydrogen (secondary N) is 1. The van der Waals surface area contributed by atoms with Crippen LogP contribution in [-0.4, -0.2) is 18.6 Å². The smallest absolute Gasteiger partial charge is 0.137 e. The van der Waals surface area contributed by atoms with Gasteiger partial charge in [0.1, 0.15) is 5.75 Å². The Labute approximate surface area is 84.5 Å². The van der Waals surface area contributed by atoms with Gasteiger partial charge in [-0.2, -0.15) is 0 Å². The molecule has 0 aromatic carbocycles. The molecule has 76 valence electrons. The molecular formula is C11H16N2O. The highest BCUT2D eigenvalue weighted by molar-refractivity contribution is 5.21. The van der Waals surface area contributed by atoms with E-state index in [4.69, 9.17) is 4.74 Å². The predicted octanol–water partition coefficient (Wildman–Crippen LogP) is 1.90. The van der Waals surface area contributed by atoms with Crippen LogP contribution in [0.2, 0.25) is 0 Å². The Hall–Kier alpha value is -1.09. The molecule has 0 bridgehead atoms. The zero-order chi connectivity index (χ0) is 9.80. The first-order chi connectivity index (χ1) is 6.90. The maximum Gasteiger partial charge on any atom is 0.137 e. The molecule has 3 heteroatoms. The van der Waals surface area contributed by atoms with Gasteiger partial charge in [-0.15, -0.1) is 0 Å². The molecule has 0 spiro atoms. The van der Waals surface area contributed by atoms with E-state index in [0.717, 1.165) is 18.0 Å². The monoisotopic (exact) mass is 192 g/mol. The fraction of sp³-hybridized carbons (Fsp3) is 0.545. The summed E-state index contributed by atoms with van der Waals surface area (Å²) in [6.07, 6.45) is 5.56. The van der Waals surface area contributed by atoms with Crippen LogP contribution in [0.1, 0.15) is 31.0 Å². The van der Waals surface area contributed by atoms with Crippen LogP contribution in [-0.2, 0) is 0 Å². The van der Waals surface area contributed by atoms with Gasteiger partial charge >= 0.3 is 0 Å². The average molecular weight is 192 g/mol. The van der Waals surface area contributed by atoms with Gasteiger partial charge in [0.15, 0.2) is 0 Å². The standard InChI is InChI=1S/C11H16N2O/c1-14-9-5-6-11(13-8-9)10-4-2-3-7-12-10/h5-6,8,10,12H,2-4,7H2,1H3/t10-/m1/s1. The number of piperidine rings is 1. The number of rotatable bonds is 2. The molecule has 0 saturated carbocycles. The third-order valence-corrected chi connectivity index (χ3v) is 2.66. The van der Waals surface area contributed by atoms with E-state index in [0.29, 0.717) is 6.04 Å². The van der Waals surface area contributed by atoms with Gasteiger partial charge < -0.3 is 10.1 Å². The van der Waals surface area contributed by atoms with E-state index in [1.54, 1.807) is 13.3 Å². The molecule has 0 radical (unpaired) electrons. The zero-order valence-corrected chi connectivity index (χ0v) is 8.49. The summed E-state index contributed by atoms with van der Waals surface area (Å²) in [5, 5.41) is 3.47. The normalized spacial score (nSPS) is 21.9. The number of methoxy groups -OCH3 is 1.